The highest BCUT2D eigenvalue weighted by Crippen LogP contribution is 2.74. The zero-order valence-electron chi connectivity index (χ0n) is 29.0. The molecule has 5 rings (SSSR count). The summed E-state index contributed by atoms with van der Waals surface area (Å²) in [7, 11) is -10.3. The lowest BCUT2D eigenvalue weighted by Gasteiger charge is -2.34. The Bertz CT molecular complexity index is 1650. The highest BCUT2D eigenvalue weighted by Gasteiger charge is 2.60. The Labute approximate surface area is 310 Å². The SMILES string of the molecule is CCO[P+]1(Cc2cc(-c3ccc(-c4ccc(O[P+](=O)O)s4)s3)c(C[P+]3(OCC)OC(C)O3)cc2C#CCCCCCCCOP(O)O)OC(C)O1. The first-order chi connectivity index (χ1) is 24.5. The summed E-state index contributed by atoms with van der Waals surface area (Å²) in [5.41, 5.74) is 3.80. The summed E-state index contributed by atoms with van der Waals surface area (Å²) < 4.78 is 57.9. The van der Waals surface area contributed by atoms with Crippen LogP contribution >= 0.6 is 55.4 Å². The fourth-order valence-electron chi connectivity index (χ4n) is 5.73. The van der Waals surface area contributed by atoms with Gasteiger partial charge in [0.1, 0.15) is 0 Å². The van der Waals surface area contributed by atoms with Crippen molar-refractivity contribution in [2.45, 2.75) is 91.1 Å². The van der Waals surface area contributed by atoms with Crippen molar-refractivity contribution in [2.75, 3.05) is 19.8 Å². The molecule has 0 aliphatic carbocycles. The van der Waals surface area contributed by atoms with E-state index < -0.39 is 32.7 Å². The van der Waals surface area contributed by atoms with Crippen molar-refractivity contribution in [3.05, 3.63) is 53.1 Å². The van der Waals surface area contributed by atoms with Crippen LogP contribution in [-0.2, 0) is 48.6 Å². The van der Waals surface area contributed by atoms with Gasteiger partial charge in [0.2, 0.25) is 5.06 Å². The summed E-state index contributed by atoms with van der Waals surface area (Å²) in [5, 5.41) is 0.375. The van der Waals surface area contributed by atoms with Crippen molar-refractivity contribution in [3.63, 3.8) is 0 Å². The van der Waals surface area contributed by atoms with Gasteiger partial charge in [0.05, 0.1) is 19.8 Å². The molecule has 3 aromatic rings. The number of benzene rings is 1. The standard InChI is InChI=1S/C33H44O12P4S2/c1-5-39-48(42-24(3)43-48)22-27-21-29(30-15-16-31(50-30)32-17-18-33(51-32)41-47(36)37)28(23-49(40-6-2)44-25(4)45-49)20-26(27)14-12-10-8-7-9-11-13-19-38-46(34)35/h15-18,20-21,24-25,34-35H,5-11,13,19,22-23H2,1-4H3/q+2/p+1. The van der Waals surface area contributed by atoms with E-state index in [1.165, 1.54) is 11.3 Å². The van der Waals surface area contributed by atoms with Crippen LogP contribution in [0.25, 0.3) is 20.2 Å². The van der Waals surface area contributed by atoms with Gasteiger partial charge in [-0.25, -0.2) is 4.52 Å². The summed E-state index contributed by atoms with van der Waals surface area (Å²) in [6, 6.07) is 12.0. The first-order valence-electron chi connectivity index (χ1n) is 16.8. The van der Waals surface area contributed by atoms with Gasteiger partial charge in [-0.2, -0.15) is 9.05 Å². The Morgan fingerprint density at radius 1 is 0.824 bits per heavy atom. The third kappa shape index (κ3) is 11.7. The molecule has 2 aliphatic heterocycles. The van der Waals surface area contributed by atoms with Gasteiger partial charge in [-0.1, -0.05) is 42.4 Å². The Kier molecular flexibility index (Phi) is 15.7. The van der Waals surface area contributed by atoms with Crippen LogP contribution in [0.1, 0.15) is 82.9 Å². The van der Waals surface area contributed by atoms with Gasteiger partial charge >= 0.3 is 32.7 Å². The second-order valence-corrected chi connectivity index (χ2v) is 19.6. The number of thiophene rings is 2. The molecule has 0 spiro atoms. The van der Waals surface area contributed by atoms with Gasteiger partial charge in [-0.3, -0.25) is 0 Å². The molecule has 1 unspecified atom stereocenters. The molecule has 0 radical (unpaired) electrons. The van der Waals surface area contributed by atoms with Crippen LogP contribution in [0.2, 0.25) is 0 Å². The van der Waals surface area contributed by atoms with E-state index in [9.17, 15) is 9.46 Å². The van der Waals surface area contributed by atoms with E-state index in [-0.39, 0.29) is 12.6 Å². The third-order valence-electron chi connectivity index (χ3n) is 7.68. The summed E-state index contributed by atoms with van der Waals surface area (Å²) in [6.07, 6.45) is 5.65. The van der Waals surface area contributed by atoms with Gasteiger partial charge in [0, 0.05) is 42.3 Å². The molecule has 18 heteroatoms. The summed E-state index contributed by atoms with van der Waals surface area (Å²) >= 11 is 2.92. The topological polar surface area (TPSA) is 152 Å². The van der Waals surface area contributed by atoms with Gasteiger partial charge in [0.15, 0.2) is 12.3 Å². The van der Waals surface area contributed by atoms with E-state index in [0.29, 0.717) is 37.2 Å². The monoisotopic (exact) mass is 821 g/mol. The highest BCUT2D eigenvalue weighted by molar-refractivity contribution is 7.62. The van der Waals surface area contributed by atoms with Crippen molar-refractivity contribution in [1.82, 2.24) is 0 Å². The fraction of sp³-hybridized carbons (Fsp3) is 0.515. The second kappa shape index (κ2) is 19.5. The number of rotatable bonds is 20. The molecule has 51 heavy (non-hydrogen) atoms. The van der Waals surface area contributed by atoms with Gasteiger partial charge in [-0.15, -0.1) is 34.3 Å². The fourth-order valence-corrected chi connectivity index (χ4v) is 13.2. The van der Waals surface area contributed by atoms with Gasteiger partial charge in [0.25, 0.3) is 12.6 Å². The normalized spacial score (nSPS) is 23.0. The first-order valence-corrected chi connectivity index (χ1v) is 24.2. The third-order valence-corrected chi connectivity index (χ3v) is 16.1. The molecule has 0 bridgehead atoms. The van der Waals surface area contributed by atoms with E-state index >= 15 is 0 Å². The molecule has 4 heterocycles. The average Bonchev–Trinajstić information content (AvgIpc) is 3.71. The predicted molar refractivity (Wildman–Crippen MR) is 203 cm³/mol. The maximum absolute atomic E-state index is 11.2. The van der Waals surface area contributed by atoms with E-state index in [1.807, 2.05) is 39.8 Å². The van der Waals surface area contributed by atoms with Gasteiger partial charge < -0.3 is 14.3 Å². The van der Waals surface area contributed by atoms with Crippen LogP contribution < -0.4 is 4.52 Å². The Hall–Kier alpha value is -1.03. The van der Waals surface area contributed by atoms with Crippen molar-refractivity contribution in [1.29, 1.82) is 0 Å². The molecule has 12 nitrogen and oxygen atoms in total. The van der Waals surface area contributed by atoms with Crippen LogP contribution in [0, 0.1) is 11.8 Å². The van der Waals surface area contributed by atoms with Gasteiger partial charge in [-0.05, 0) is 82.5 Å². The van der Waals surface area contributed by atoms with Crippen molar-refractivity contribution in [3.8, 4) is 37.1 Å². The molecule has 3 N–H and O–H groups in total. The molecule has 1 atom stereocenters. The number of hydrogen-bond donors (Lipinski definition) is 3. The highest BCUT2D eigenvalue weighted by atomic mass is 32.1. The zero-order chi connectivity index (χ0) is 36.4. The lowest BCUT2D eigenvalue weighted by Crippen LogP contribution is -2.30. The minimum Gasteiger partial charge on any atom is -0.328 e. The summed E-state index contributed by atoms with van der Waals surface area (Å²) in [5.74, 6) is 6.85. The molecule has 2 aromatic heterocycles. The molecule has 2 fully saturated rings. The summed E-state index contributed by atoms with van der Waals surface area (Å²) in [6.45, 7) is 8.85. The quantitative estimate of drug-likeness (QED) is 0.0565. The number of unbranched alkanes of at least 4 members (excludes halogenated alkanes) is 5. The van der Waals surface area contributed by atoms with Crippen molar-refractivity contribution < 1.29 is 55.4 Å². The van der Waals surface area contributed by atoms with Crippen molar-refractivity contribution >= 4 is 55.4 Å². The molecular weight excluding hydrogens is 776 g/mol. The average molecular weight is 822 g/mol. The first kappa shape index (κ1) is 41.1. The largest absolute Gasteiger partial charge is 0.748 e. The lowest BCUT2D eigenvalue weighted by molar-refractivity contribution is -0.105. The molecule has 1 aromatic carbocycles. The van der Waals surface area contributed by atoms with E-state index in [1.54, 1.807) is 17.4 Å². The van der Waals surface area contributed by atoms with Crippen LogP contribution in [0.5, 0.6) is 5.06 Å². The molecule has 0 amide bonds. The van der Waals surface area contributed by atoms with E-state index in [2.05, 4.69) is 30.0 Å². The van der Waals surface area contributed by atoms with E-state index in [4.69, 9.17) is 46.0 Å². The molecule has 2 aliphatic rings. The Morgan fingerprint density at radius 3 is 2.04 bits per heavy atom. The Morgan fingerprint density at radius 2 is 1.41 bits per heavy atom. The molecule has 2 saturated heterocycles. The lowest BCUT2D eigenvalue weighted by atomic mass is 9.98. The smallest absolute Gasteiger partial charge is 0.328 e. The summed E-state index contributed by atoms with van der Waals surface area (Å²) in [4.78, 5) is 29.9. The van der Waals surface area contributed by atoms with Crippen LogP contribution in [-0.4, -0.2) is 47.1 Å². The molecule has 278 valence electrons. The number of hydrogen-bond acceptors (Lipinski definition) is 13. The second-order valence-electron chi connectivity index (χ2n) is 11.6. The Balaban J connectivity index is 1.45. The minimum atomic E-state index is -2.74. The maximum Gasteiger partial charge on any atom is 0.748 e. The maximum atomic E-state index is 11.2. The molecule has 0 saturated carbocycles. The van der Waals surface area contributed by atoms with Crippen LogP contribution in [0.15, 0.2) is 36.4 Å². The van der Waals surface area contributed by atoms with Crippen LogP contribution in [0.3, 0.4) is 0 Å². The van der Waals surface area contributed by atoms with Crippen molar-refractivity contribution in [2.24, 2.45) is 0 Å². The van der Waals surface area contributed by atoms with Crippen LogP contribution in [0.4, 0.5) is 0 Å². The van der Waals surface area contributed by atoms with E-state index in [0.717, 1.165) is 75.4 Å². The predicted octanol–water partition coefficient (Wildman–Crippen LogP) is 10.5. The molecular formula is C33H45O12P4S2+3. The zero-order valence-corrected chi connectivity index (χ0v) is 34.2. The minimum absolute atomic E-state index is 0.339.